The molecule has 4 heteroatoms. The molecule has 0 saturated carbocycles. The van der Waals surface area contributed by atoms with Crippen LogP contribution >= 0.6 is 0 Å². The molecule has 0 bridgehead atoms. The number of nitrogens with two attached hydrogens (primary N) is 1. The van der Waals surface area contributed by atoms with E-state index in [1.807, 2.05) is 38.1 Å². The van der Waals surface area contributed by atoms with Crippen LogP contribution in [0.2, 0.25) is 0 Å². The second kappa shape index (κ2) is 5.46. The normalized spacial score (nSPS) is 13.7. The van der Waals surface area contributed by atoms with Crippen molar-refractivity contribution in [1.29, 1.82) is 0 Å². The summed E-state index contributed by atoms with van der Waals surface area (Å²) in [7, 11) is -3.03. The lowest BCUT2D eigenvalue weighted by molar-refractivity contribution is 0.586. The molecule has 0 aromatic heterocycles. The first-order valence-corrected chi connectivity index (χ1v) is 7.23. The average Bonchev–Trinajstić information content (AvgIpc) is 2.14. The van der Waals surface area contributed by atoms with Crippen molar-refractivity contribution in [2.45, 2.75) is 32.1 Å². The molecule has 0 aliphatic heterocycles. The van der Waals surface area contributed by atoms with Crippen molar-refractivity contribution in [1.82, 2.24) is 0 Å². The molecule has 0 heterocycles. The zero-order valence-electron chi connectivity index (χ0n) is 9.81. The van der Waals surface area contributed by atoms with E-state index in [1.54, 1.807) is 0 Å². The molecule has 0 aliphatic carbocycles. The summed E-state index contributed by atoms with van der Waals surface area (Å²) in [6.45, 7) is 3.78. The summed E-state index contributed by atoms with van der Waals surface area (Å²) in [6.07, 6.45) is 0.522. The van der Waals surface area contributed by atoms with Crippen molar-refractivity contribution >= 4 is 9.84 Å². The Kier molecular flexibility index (Phi) is 4.50. The van der Waals surface area contributed by atoms with Crippen LogP contribution in [0.4, 0.5) is 0 Å². The van der Waals surface area contributed by atoms with Gasteiger partial charge in [0.2, 0.25) is 0 Å². The third kappa shape index (κ3) is 4.77. The number of sulfone groups is 1. The van der Waals surface area contributed by atoms with Gasteiger partial charge < -0.3 is 5.73 Å². The van der Waals surface area contributed by atoms with Crippen LogP contribution in [0, 0.1) is 6.92 Å². The Morgan fingerprint density at radius 3 is 2.62 bits per heavy atom. The second-order valence-corrected chi connectivity index (χ2v) is 6.53. The van der Waals surface area contributed by atoms with Crippen LogP contribution in [0.5, 0.6) is 0 Å². The third-order valence-electron chi connectivity index (χ3n) is 2.35. The molecule has 0 fully saturated rings. The largest absolute Gasteiger partial charge is 0.328 e. The van der Waals surface area contributed by atoms with Crippen molar-refractivity contribution < 1.29 is 8.42 Å². The topological polar surface area (TPSA) is 60.2 Å². The van der Waals surface area contributed by atoms with Crippen molar-refractivity contribution in [3.63, 3.8) is 0 Å². The van der Waals surface area contributed by atoms with Gasteiger partial charge in [0.25, 0.3) is 0 Å². The molecule has 0 amide bonds. The molecule has 3 nitrogen and oxygen atoms in total. The van der Waals surface area contributed by atoms with E-state index in [2.05, 4.69) is 0 Å². The molecule has 1 aromatic rings. The van der Waals surface area contributed by atoms with E-state index in [-0.39, 0.29) is 17.5 Å². The molecular weight excluding hydrogens is 222 g/mol. The summed E-state index contributed by atoms with van der Waals surface area (Å²) in [6, 6.07) is 7.52. The van der Waals surface area contributed by atoms with Crippen LogP contribution in [0.1, 0.15) is 24.5 Å². The molecule has 1 atom stereocenters. The quantitative estimate of drug-likeness (QED) is 0.852. The Morgan fingerprint density at radius 2 is 2.06 bits per heavy atom. The van der Waals surface area contributed by atoms with E-state index in [4.69, 9.17) is 5.73 Å². The summed E-state index contributed by atoms with van der Waals surface area (Å²) in [5.74, 6) is 0.278. The van der Waals surface area contributed by atoms with E-state index < -0.39 is 9.84 Å². The predicted octanol–water partition coefficient (Wildman–Crippen LogP) is 1.65. The molecule has 2 N–H and O–H groups in total. The highest BCUT2D eigenvalue weighted by Gasteiger charge is 2.12. The van der Waals surface area contributed by atoms with E-state index in [0.29, 0.717) is 6.42 Å². The fourth-order valence-corrected chi connectivity index (χ4v) is 3.06. The Morgan fingerprint density at radius 1 is 1.38 bits per heavy atom. The molecule has 90 valence electrons. The smallest absolute Gasteiger partial charge is 0.154 e. The summed E-state index contributed by atoms with van der Waals surface area (Å²) >= 11 is 0. The van der Waals surface area contributed by atoms with Gasteiger partial charge in [0.1, 0.15) is 0 Å². The SMILES string of the molecule is Cc1cccc(CS(=O)(=O)CCC(C)N)c1. The minimum atomic E-state index is -3.03. The van der Waals surface area contributed by atoms with Gasteiger partial charge in [0.15, 0.2) is 9.84 Å². The minimum Gasteiger partial charge on any atom is -0.328 e. The maximum Gasteiger partial charge on any atom is 0.154 e. The fourth-order valence-electron chi connectivity index (χ4n) is 1.49. The van der Waals surface area contributed by atoms with Crippen LogP contribution in [0.3, 0.4) is 0 Å². The van der Waals surface area contributed by atoms with Crippen LogP contribution in [0.15, 0.2) is 24.3 Å². The van der Waals surface area contributed by atoms with Gasteiger partial charge >= 0.3 is 0 Å². The summed E-state index contributed by atoms with van der Waals surface area (Å²) < 4.78 is 23.5. The van der Waals surface area contributed by atoms with E-state index in [9.17, 15) is 8.42 Å². The Balaban J connectivity index is 2.66. The first-order valence-electron chi connectivity index (χ1n) is 5.40. The third-order valence-corrected chi connectivity index (χ3v) is 3.98. The molecule has 1 unspecified atom stereocenters. The highest BCUT2D eigenvalue weighted by molar-refractivity contribution is 7.90. The highest BCUT2D eigenvalue weighted by Crippen LogP contribution is 2.10. The molecular formula is C12H19NO2S. The molecule has 0 spiro atoms. The van der Waals surface area contributed by atoms with E-state index >= 15 is 0 Å². The van der Waals surface area contributed by atoms with Gasteiger partial charge in [0.05, 0.1) is 11.5 Å². The Hall–Kier alpha value is -0.870. The van der Waals surface area contributed by atoms with Gasteiger partial charge in [-0.25, -0.2) is 8.42 Å². The van der Waals surface area contributed by atoms with Crippen LogP contribution in [-0.4, -0.2) is 20.2 Å². The zero-order chi connectivity index (χ0) is 12.2. The first kappa shape index (κ1) is 13.2. The van der Waals surface area contributed by atoms with Crippen molar-refractivity contribution in [2.75, 3.05) is 5.75 Å². The fraction of sp³-hybridized carbons (Fsp3) is 0.500. The lowest BCUT2D eigenvalue weighted by Gasteiger charge is -2.07. The number of aryl methyl sites for hydroxylation is 1. The van der Waals surface area contributed by atoms with Gasteiger partial charge in [0, 0.05) is 6.04 Å². The second-order valence-electron chi connectivity index (χ2n) is 4.35. The lowest BCUT2D eigenvalue weighted by atomic mass is 10.2. The van der Waals surface area contributed by atoms with Gasteiger partial charge in [-0.15, -0.1) is 0 Å². The Bertz CT molecular complexity index is 438. The molecule has 0 radical (unpaired) electrons. The summed E-state index contributed by atoms with van der Waals surface area (Å²) in [5, 5.41) is 0. The van der Waals surface area contributed by atoms with Crippen LogP contribution in [0.25, 0.3) is 0 Å². The number of hydrogen-bond donors (Lipinski definition) is 1. The molecule has 0 saturated heterocycles. The van der Waals surface area contributed by atoms with Gasteiger partial charge in [-0.3, -0.25) is 0 Å². The van der Waals surface area contributed by atoms with Crippen molar-refractivity contribution in [3.05, 3.63) is 35.4 Å². The predicted molar refractivity (Wildman–Crippen MR) is 66.9 cm³/mol. The lowest BCUT2D eigenvalue weighted by Crippen LogP contribution is -2.20. The van der Waals surface area contributed by atoms with Gasteiger partial charge in [-0.2, -0.15) is 0 Å². The first-order chi connectivity index (χ1) is 7.39. The van der Waals surface area contributed by atoms with Crippen LogP contribution < -0.4 is 5.73 Å². The maximum atomic E-state index is 11.8. The maximum absolute atomic E-state index is 11.8. The van der Waals surface area contributed by atoms with Crippen molar-refractivity contribution in [3.8, 4) is 0 Å². The monoisotopic (exact) mass is 241 g/mol. The Labute approximate surface area is 97.6 Å². The van der Waals surface area contributed by atoms with Crippen LogP contribution in [-0.2, 0) is 15.6 Å². The summed E-state index contributed by atoms with van der Waals surface area (Å²) in [4.78, 5) is 0. The number of benzene rings is 1. The van der Waals surface area contributed by atoms with E-state index in [1.165, 1.54) is 0 Å². The molecule has 0 aliphatic rings. The van der Waals surface area contributed by atoms with E-state index in [0.717, 1.165) is 11.1 Å². The van der Waals surface area contributed by atoms with Gasteiger partial charge in [-0.1, -0.05) is 29.8 Å². The average molecular weight is 241 g/mol. The van der Waals surface area contributed by atoms with Crippen molar-refractivity contribution in [2.24, 2.45) is 5.73 Å². The standard InChI is InChI=1S/C12H19NO2S/c1-10-4-3-5-12(8-10)9-16(14,15)7-6-11(2)13/h3-5,8,11H,6-7,9,13H2,1-2H3. The summed E-state index contributed by atoms with van der Waals surface area (Å²) in [5.41, 5.74) is 7.49. The molecule has 16 heavy (non-hydrogen) atoms. The number of rotatable bonds is 5. The van der Waals surface area contributed by atoms with Gasteiger partial charge in [-0.05, 0) is 25.8 Å². The highest BCUT2D eigenvalue weighted by atomic mass is 32.2. The number of hydrogen-bond acceptors (Lipinski definition) is 3. The zero-order valence-corrected chi connectivity index (χ0v) is 10.6. The minimum absolute atomic E-state index is 0.0627. The molecule has 1 rings (SSSR count). The molecule has 1 aromatic carbocycles.